The number of rotatable bonds is 6. The second kappa shape index (κ2) is 9.10. The number of nitrogens with one attached hydrogen (secondary N) is 1. The number of pyridine rings is 1. The normalized spacial score (nSPS) is 16.1. The van der Waals surface area contributed by atoms with Gasteiger partial charge in [0.15, 0.2) is 5.82 Å². The molecule has 0 radical (unpaired) electrons. The Morgan fingerprint density at radius 3 is 2.57 bits per heavy atom. The monoisotopic (exact) mass is 382 g/mol. The molecule has 0 saturated carbocycles. The molecular weight excluding hydrogens is 352 g/mol. The molecule has 7 nitrogen and oxygen atoms in total. The highest BCUT2D eigenvalue weighted by Crippen LogP contribution is 2.24. The molecule has 1 aliphatic rings. The van der Waals surface area contributed by atoms with Crippen molar-refractivity contribution in [2.24, 2.45) is 0 Å². The summed E-state index contributed by atoms with van der Waals surface area (Å²) in [6.45, 7) is 12.0. The fraction of sp³-hybridized carbons (Fsp3) is 0.524. The van der Waals surface area contributed by atoms with Crippen LogP contribution in [0.25, 0.3) is 11.5 Å². The molecule has 0 aliphatic carbocycles. The highest BCUT2D eigenvalue weighted by atomic mass is 16.2. The summed E-state index contributed by atoms with van der Waals surface area (Å²) in [5, 5.41) is 3.04. The van der Waals surface area contributed by atoms with E-state index in [-0.39, 0.29) is 11.9 Å². The molecular formula is C21H30N6O. The van der Waals surface area contributed by atoms with Gasteiger partial charge in [-0.2, -0.15) is 0 Å². The molecule has 3 rings (SSSR count). The number of amides is 1. The first-order valence-electron chi connectivity index (χ1n) is 10.0. The van der Waals surface area contributed by atoms with Crippen LogP contribution in [-0.2, 0) is 4.79 Å². The third-order valence-electron chi connectivity index (χ3n) is 5.32. The number of aryl methyl sites for hydroxylation is 1. The van der Waals surface area contributed by atoms with Crippen LogP contribution in [0.3, 0.4) is 0 Å². The van der Waals surface area contributed by atoms with E-state index < -0.39 is 0 Å². The first kappa shape index (κ1) is 20.2. The average Bonchev–Trinajstić information content (AvgIpc) is 2.71. The molecule has 0 aromatic carbocycles. The summed E-state index contributed by atoms with van der Waals surface area (Å²) in [5.41, 5.74) is 2.86. The van der Waals surface area contributed by atoms with Crippen molar-refractivity contribution < 1.29 is 4.79 Å². The Bertz CT molecular complexity index is 802. The van der Waals surface area contributed by atoms with E-state index in [4.69, 9.17) is 4.98 Å². The topological polar surface area (TPSA) is 74.2 Å². The number of hydrogen-bond donors (Lipinski definition) is 1. The van der Waals surface area contributed by atoms with Crippen LogP contribution < -0.4 is 10.2 Å². The van der Waals surface area contributed by atoms with Crippen LogP contribution in [0.2, 0.25) is 0 Å². The summed E-state index contributed by atoms with van der Waals surface area (Å²) >= 11 is 0. The summed E-state index contributed by atoms with van der Waals surface area (Å²) in [7, 11) is 0. The van der Waals surface area contributed by atoms with Crippen LogP contribution in [0.5, 0.6) is 0 Å². The van der Waals surface area contributed by atoms with Gasteiger partial charge in [-0.15, -0.1) is 0 Å². The summed E-state index contributed by atoms with van der Waals surface area (Å²) in [5.74, 6) is 1.74. The zero-order chi connectivity index (χ0) is 20.1. The molecule has 1 atom stereocenters. The number of hydrogen-bond acceptors (Lipinski definition) is 6. The Morgan fingerprint density at radius 1 is 1.18 bits per heavy atom. The molecule has 2 aromatic rings. The van der Waals surface area contributed by atoms with E-state index in [2.05, 4.69) is 38.9 Å². The first-order chi connectivity index (χ1) is 13.5. The lowest BCUT2D eigenvalue weighted by atomic mass is 10.2. The second-order valence-corrected chi connectivity index (χ2v) is 7.44. The van der Waals surface area contributed by atoms with Gasteiger partial charge in [0.25, 0.3) is 0 Å². The van der Waals surface area contributed by atoms with Crippen molar-refractivity contribution >= 4 is 11.7 Å². The van der Waals surface area contributed by atoms with E-state index in [9.17, 15) is 4.79 Å². The van der Waals surface area contributed by atoms with Crippen molar-refractivity contribution in [1.29, 1.82) is 0 Å². The predicted molar refractivity (Wildman–Crippen MR) is 111 cm³/mol. The molecule has 1 amide bonds. The molecule has 7 heteroatoms. The van der Waals surface area contributed by atoms with E-state index in [1.807, 2.05) is 32.0 Å². The molecule has 28 heavy (non-hydrogen) atoms. The van der Waals surface area contributed by atoms with Crippen molar-refractivity contribution in [3.63, 3.8) is 0 Å². The van der Waals surface area contributed by atoms with Crippen LogP contribution in [0.1, 0.15) is 31.5 Å². The minimum absolute atomic E-state index is 0.106. The lowest BCUT2D eigenvalue weighted by Crippen LogP contribution is -2.50. The Morgan fingerprint density at radius 2 is 1.93 bits per heavy atom. The molecule has 1 unspecified atom stereocenters. The maximum Gasteiger partial charge on any atom is 0.234 e. The fourth-order valence-corrected chi connectivity index (χ4v) is 3.27. The maximum atomic E-state index is 12.1. The van der Waals surface area contributed by atoms with Gasteiger partial charge in [0.2, 0.25) is 5.91 Å². The molecule has 1 N–H and O–H groups in total. The van der Waals surface area contributed by atoms with Gasteiger partial charge in [0.05, 0.1) is 6.54 Å². The molecule has 0 bridgehead atoms. The average molecular weight is 383 g/mol. The minimum Gasteiger partial charge on any atom is -0.354 e. The van der Waals surface area contributed by atoms with Gasteiger partial charge in [-0.25, -0.2) is 9.97 Å². The molecule has 3 heterocycles. The number of anilines is 1. The van der Waals surface area contributed by atoms with Gasteiger partial charge in [0.1, 0.15) is 11.5 Å². The van der Waals surface area contributed by atoms with Gasteiger partial charge in [-0.05, 0) is 39.3 Å². The lowest BCUT2D eigenvalue weighted by Gasteiger charge is -2.36. The smallest absolute Gasteiger partial charge is 0.234 e. The Hall–Kier alpha value is -2.54. The third-order valence-corrected chi connectivity index (χ3v) is 5.32. The Kier molecular flexibility index (Phi) is 6.57. The molecule has 2 aromatic heterocycles. The van der Waals surface area contributed by atoms with Gasteiger partial charge < -0.3 is 10.2 Å². The van der Waals surface area contributed by atoms with Crippen LogP contribution in [0.15, 0.2) is 24.4 Å². The van der Waals surface area contributed by atoms with E-state index in [0.29, 0.717) is 12.4 Å². The third kappa shape index (κ3) is 4.84. The highest BCUT2D eigenvalue weighted by Gasteiger charge is 2.23. The van der Waals surface area contributed by atoms with Crippen molar-refractivity contribution in [2.45, 2.75) is 40.2 Å². The summed E-state index contributed by atoms with van der Waals surface area (Å²) in [6, 6.07) is 6.00. The fourth-order valence-electron chi connectivity index (χ4n) is 3.27. The number of piperazine rings is 1. The second-order valence-electron chi connectivity index (χ2n) is 7.44. The SMILES string of the molecule is CCC(C)NC(=O)CN1CCN(c2nc(-c3ccccn3)nc(C)c2C)CC1. The van der Waals surface area contributed by atoms with Crippen LogP contribution in [0.4, 0.5) is 5.82 Å². The molecule has 0 spiro atoms. The largest absolute Gasteiger partial charge is 0.354 e. The van der Waals surface area contributed by atoms with Gasteiger partial charge in [-0.1, -0.05) is 13.0 Å². The van der Waals surface area contributed by atoms with Crippen molar-refractivity contribution in [3.05, 3.63) is 35.7 Å². The van der Waals surface area contributed by atoms with E-state index in [0.717, 1.165) is 55.4 Å². The first-order valence-corrected chi connectivity index (χ1v) is 10.0. The quantitative estimate of drug-likeness (QED) is 0.826. The minimum atomic E-state index is 0.106. The van der Waals surface area contributed by atoms with Gasteiger partial charge in [0, 0.05) is 49.7 Å². The zero-order valence-corrected chi connectivity index (χ0v) is 17.3. The van der Waals surface area contributed by atoms with Crippen LogP contribution >= 0.6 is 0 Å². The molecule has 1 saturated heterocycles. The summed E-state index contributed by atoms with van der Waals surface area (Å²) < 4.78 is 0. The molecule has 1 fully saturated rings. The number of carbonyl (C=O) groups is 1. The standard InChI is InChI=1S/C21H30N6O/c1-5-15(2)23-19(28)14-26-10-12-27(13-11-26)21-16(3)17(4)24-20(25-21)18-8-6-7-9-22-18/h6-9,15H,5,10-14H2,1-4H3,(H,23,28). The lowest BCUT2D eigenvalue weighted by molar-refractivity contribution is -0.122. The summed E-state index contributed by atoms with van der Waals surface area (Å²) in [6.07, 6.45) is 2.71. The Labute approximate surface area is 167 Å². The van der Waals surface area contributed by atoms with Crippen molar-refractivity contribution in [1.82, 2.24) is 25.2 Å². The van der Waals surface area contributed by atoms with Gasteiger partial charge in [-0.3, -0.25) is 14.7 Å². The van der Waals surface area contributed by atoms with Crippen LogP contribution in [-0.4, -0.2) is 64.5 Å². The van der Waals surface area contributed by atoms with E-state index in [1.165, 1.54) is 0 Å². The zero-order valence-electron chi connectivity index (χ0n) is 17.3. The number of aromatic nitrogens is 3. The van der Waals surface area contributed by atoms with E-state index in [1.54, 1.807) is 6.20 Å². The van der Waals surface area contributed by atoms with Gasteiger partial charge >= 0.3 is 0 Å². The Balaban J connectivity index is 1.67. The number of carbonyl (C=O) groups excluding carboxylic acids is 1. The van der Waals surface area contributed by atoms with E-state index >= 15 is 0 Å². The predicted octanol–water partition coefficient (Wildman–Crippen LogP) is 2.19. The van der Waals surface area contributed by atoms with Crippen molar-refractivity contribution in [3.8, 4) is 11.5 Å². The number of nitrogens with zero attached hydrogens (tertiary/aromatic N) is 5. The highest BCUT2D eigenvalue weighted by molar-refractivity contribution is 5.78. The summed E-state index contributed by atoms with van der Waals surface area (Å²) in [4.78, 5) is 30.5. The maximum absolute atomic E-state index is 12.1. The van der Waals surface area contributed by atoms with Crippen molar-refractivity contribution in [2.75, 3.05) is 37.6 Å². The molecule has 150 valence electrons. The molecule has 1 aliphatic heterocycles. The van der Waals surface area contributed by atoms with Crippen LogP contribution in [0, 0.1) is 13.8 Å².